The first-order valence-electron chi connectivity index (χ1n) is 10.6. The van der Waals surface area contributed by atoms with Gasteiger partial charge in [-0.05, 0) is 74.9 Å². The fourth-order valence-corrected chi connectivity index (χ4v) is 4.79. The van der Waals surface area contributed by atoms with Crippen molar-refractivity contribution in [2.45, 2.75) is 58.0 Å². The van der Waals surface area contributed by atoms with Gasteiger partial charge in [0, 0.05) is 24.2 Å². The van der Waals surface area contributed by atoms with E-state index >= 15 is 0 Å². The zero-order chi connectivity index (χ0) is 19.2. The largest absolute Gasteiger partial charge is 0.492 e. The first-order valence-corrected chi connectivity index (χ1v) is 10.6. The number of fused-ring (bicyclic) bond motifs is 2. The van der Waals surface area contributed by atoms with Gasteiger partial charge in [0.1, 0.15) is 12.4 Å². The predicted molar refractivity (Wildman–Crippen MR) is 109 cm³/mol. The summed E-state index contributed by atoms with van der Waals surface area (Å²) in [5.74, 6) is 1.93. The third-order valence-electron chi connectivity index (χ3n) is 6.36. The second kappa shape index (κ2) is 9.56. The Bertz CT molecular complexity index is 586. The molecule has 0 radical (unpaired) electrons. The lowest BCUT2D eigenvalue weighted by Crippen LogP contribution is -2.53. The second-order valence-corrected chi connectivity index (χ2v) is 8.08. The van der Waals surface area contributed by atoms with Crippen molar-refractivity contribution in [2.24, 2.45) is 17.6 Å². The molecule has 3 rings (SSSR count). The van der Waals surface area contributed by atoms with Gasteiger partial charge in [-0.3, -0.25) is 4.79 Å². The molecule has 1 aromatic rings. The van der Waals surface area contributed by atoms with Crippen LogP contribution in [0.15, 0.2) is 24.3 Å². The third kappa shape index (κ3) is 5.23. The van der Waals surface area contributed by atoms with E-state index in [9.17, 15) is 4.79 Å². The van der Waals surface area contributed by atoms with Gasteiger partial charge in [0.05, 0.1) is 0 Å². The van der Waals surface area contributed by atoms with Crippen LogP contribution < -0.4 is 15.8 Å². The van der Waals surface area contributed by atoms with Gasteiger partial charge in [-0.25, -0.2) is 0 Å². The van der Waals surface area contributed by atoms with Crippen molar-refractivity contribution < 1.29 is 9.53 Å². The van der Waals surface area contributed by atoms with E-state index in [0.29, 0.717) is 30.0 Å². The maximum absolute atomic E-state index is 12.7. The number of benzene rings is 1. The summed E-state index contributed by atoms with van der Waals surface area (Å²) in [5, 5.41) is 3.31. The van der Waals surface area contributed by atoms with Crippen LogP contribution in [-0.4, -0.2) is 49.1 Å². The highest BCUT2D eigenvalue weighted by atomic mass is 16.5. The molecule has 3 N–H and O–H groups in total. The number of amides is 1. The van der Waals surface area contributed by atoms with Gasteiger partial charge in [-0.1, -0.05) is 20.3 Å². The molecule has 2 aliphatic rings. The zero-order valence-corrected chi connectivity index (χ0v) is 16.8. The molecule has 2 saturated carbocycles. The Morgan fingerprint density at radius 1 is 1.15 bits per heavy atom. The highest BCUT2D eigenvalue weighted by Crippen LogP contribution is 2.39. The summed E-state index contributed by atoms with van der Waals surface area (Å²) in [4.78, 5) is 15.1. The Morgan fingerprint density at radius 2 is 1.78 bits per heavy atom. The van der Waals surface area contributed by atoms with E-state index < -0.39 is 0 Å². The number of nitrogens with two attached hydrogens (primary N) is 1. The van der Waals surface area contributed by atoms with Gasteiger partial charge >= 0.3 is 0 Å². The maximum Gasteiger partial charge on any atom is 0.251 e. The summed E-state index contributed by atoms with van der Waals surface area (Å²) in [6.07, 6.45) is 5.73. The summed E-state index contributed by atoms with van der Waals surface area (Å²) in [6, 6.07) is 8.12. The number of likely N-dealkylation sites (N-methyl/N-ethyl adjacent to an activating group) is 1. The fourth-order valence-electron chi connectivity index (χ4n) is 4.79. The first kappa shape index (κ1) is 20.2. The van der Waals surface area contributed by atoms with Crippen LogP contribution in [0.4, 0.5) is 0 Å². The summed E-state index contributed by atoms with van der Waals surface area (Å²) in [7, 11) is 0. The molecule has 2 bridgehead atoms. The molecule has 5 nitrogen and oxygen atoms in total. The average molecular weight is 374 g/mol. The van der Waals surface area contributed by atoms with Crippen molar-refractivity contribution in [1.82, 2.24) is 10.2 Å². The van der Waals surface area contributed by atoms with E-state index in [0.717, 1.165) is 38.2 Å². The number of rotatable bonds is 8. The molecule has 27 heavy (non-hydrogen) atoms. The van der Waals surface area contributed by atoms with Gasteiger partial charge in [-0.15, -0.1) is 0 Å². The quantitative estimate of drug-likeness (QED) is 0.735. The van der Waals surface area contributed by atoms with Crippen molar-refractivity contribution >= 4 is 5.91 Å². The van der Waals surface area contributed by atoms with Gasteiger partial charge in [0.15, 0.2) is 0 Å². The van der Waals surface area contributed by atoms with Crippen LogP contribution in [-0.2, 0) is 0 Å². The number of nitrogens with one attached hydrogen (secondary N) is 1. The van der Waals surface area contributed by atoms with Gasteiger partial charge in [-0.2, -0.15) is 0 Å². The van der Waals surface area contributed by atoms with E-state index in [1.54, 1.807) is 0 Å². The topological polar surface area (TPSA) is 67.6 Å². The standard InChI is InChI=1S/C22H35N3O2/c1-3-25(4-2)12-13-27-20-10-8-16(9-11-20)22(26)24-21-17-6-5-7-18(21)15-19(23)14-17/h8-11,17-19,21H,3-7,12-15,23H2,1-2H3,(H,24,26). The van der Waals surface area contributed by atoms with Gasteiger partial charge in [0.2, 0.25) is 0 Å². The number of nitrogens with zero attached hydrogens (tertiary/aromatic N) is 1. The Labute approximate surface area is 163 Å². The minimum Gasteiger partial charge on any atom is -0.492 e. The number of carbonyl (C=O) groups is 1. The lowest BCUT2D eigenvalue weighted by Gasteiger charge is -2.45. The Hall–Kier alpha value is -1.59. The van der Waals surface area contributed by atoms with Crippen LogP contribution in [0, 0.1) is 11.8 Å². The molecule has 0 spiro atoms. The summed E-state index contributed by atoms with van der Waals surface area (Å²) in [6.45, 7) is 7.97. The van der Waals surface area contributed by atoms with E-state index in [4.69, 9.17) is 10.5 Å². The monoisotopic (exact) mass is 373 g/mol. The lowest BCUT2D eigenvalue weighted by atomic mass is 9.67. The molecule has 5 heteroatoms. The summed E-state index contributed by atoms with van der Waals surface area (Å²) < 4.78 is 5.81. The fraction of sp³-hybridized carbons (Fsp3) is 0.682. The van der Waals surface area contributed by atoms with Crippen molar-refractivity contribution in [1.29, 1.82) is 0 Å². The number of hydrogen-bond acceptors (Lipinski definition) is 4. The molecule has 2 aliphatic carbocycles. The van der Waals surface area contributed by atoms with Gasteiger partial charge in [0.25, 0.3) is 5.91 Å². The van der Waals surface area contributed by atoms with E-state index in [-0.39, 0.29) is 11.9 Å². The first-order chi connectivity index (χ1) is 13.1. The molecule has 2 atom stereocenters. The van der Waals surface area contributed by atoms with Crippen molar-refractivity contribution in [3.05, 3.63) is 29.8 Å². The normalized spacial score (nSPS) is 27.4. The van der Waals surface area contributed by atoms with Crippen LogP contribution in [0.5, 0.6) is 5.75 Å². The van der Waals surface area contributed by atoms with E-state index in [1.807, 2.05) is 24.3 Å². The molecule has 0 saturated heterocycles. The minimum atomic E-state index is 0.0297. The summed E-state index contributed by atoms with van der Waals surface area (Å²) >= 11 is 0. The second-order valence-electron chi connectivity index (χ2n) is 8.08. The SMILES string of the molecule is CCN(CC)CCOc1ccc(C(=O)NC2C3CCCC2CC(N)C3)cc1. The third-order valence-corrected chi connectivity index (χ3v) is 6.36. The zero-order valence-electron chi connectivity index (χ0n) is 16.8. The molecule has 1 amide bonds. The smallest absolute Gasteiger partial charge is 0.251 e. The highest BCUT2D eigenvalue weighted by molar-refractivity contribution is 5.94. The Morgan fingerprint density at radius 3 is 2.37 bits per heavy atom. The molecule has 0 aliphatic heterocycles. The van der Waals surface area contributed by atoms with E-state index in [1.165, 1.54) is 19.3 Å². The van der Waals surface area contributed by atoms with Crippen molar-refractivity contribution in [2.75, 3.05) is 26.2 Å². The predicted octanol–water partition coefficient (Wildman–Crippen LogP) is 3.04. The van der Waals surface area contributed by atoms with Crippen molar-refractivity contribution in [3.63, 3.8) is 0 Å². The number of ether oxygens (including phenoxy) is 1. The highest BCUT2D eigenvalue weighted by Gasteiger charge is 2.39. The molecule has 2 fully saturated rings. The van der Waals surface area contributed by atoms with Crippen LogP contribution >= 0.6 is 0 Å². The molecular weight excluding hydrogens is 338 g/mol. The molecular formula is C22H35N3O2. The molecule has 0 heterocycles. The molecule has 150 valence electrons. The molecule has 2 unspecified atom stereocenters. The van der Waals surface area contributed by atoms with Crippen LogP contribution in [0.25, 0.3) is 0 Å². The Balaban J connectivity index is 1.52. The lowest BCUT2D eigenvalue weighted by molar-refractivity contribution is 0.0756. The van der Waals surface area contributed by atoms with E-state index in [2.05, 4.69) is 24.1 Å². The Kier molecular flexibility index (Phi) is 7.13. The van der Waals surface area contributed by atoms with Gasteiger partial charge < -0.3 is 20.7 Å². The number of carbonyl (C=O) groups excluding carboxylic acids is 1. The van der Waals surface area contributed by atoms with Crippen LogP contribution in [0.3, 0.4) is 0 Å². The molecule has 1 aromatic carbocycles. The number of hydrogen-bond donors (Lipinski definition) is 2. The maximum atomic E-state index is 12.7. The average Bonchev–Trinajstić information content (AvgIpc) is 2.66. The minimum absolute atomic E-state index is 0.0297. The molecule has 0 aromatic heterocycles. The van der Waals surface area contributed by atoms with Crippen LogP contribution in [0.1, 0.15) is 56.3 Å². The summed E-state index contributed by atoms with van der Waals surface area (Å²) in [5.41, 5.74) is 6.90. The van der Waals surface area contributed by atoms with Crippen LogP contribution in [0.2, 0.25) is 0 Å². The van der Waals surface area contributed by atoms with Crippen molar-refractivity contribution in [3.8, 4) is 5.75 Å².